The quantitative estimate of drug-likeness (QED) is 0.354. The van der Waals surface area contributed by atoms with Crippen LogP contribution in [-0.2, 0) is 13.1 Å². The van der Waals surface area contributed by atoms with Crippen LogP contribution in [0, 0.1) is 4.91 Å². The maximum absolute atomic E-state index is 10.9. The third-order valence-electron chi connectivity index (χ3n) is 7.32. The summed E-state index contributed by atoms with van der Waals surface area (Å²) in [6, 6.07) is 9.30. The van der Waals surface area contributed by atoms with Crippen LogP contribution >= 0.6 is 0 Å². The van der Waals surface area contributed by atoms with Crippen LogP contribution in [0.15, 0.2) is 29.6 Å². The molecule has 0 saturated carbocycles. The van der Waals surface area contributed by atoms with E-state index in [1.807, 2.05) is 0 Å². The minimum absolute atomic E-state index is 0.683. The molecule has 5 N–H and O–H groups in total. The van der Waals surface area contributed by atoms with Gasteiger partial charge in [0.15, 0.2) is 0 Å². The molecule has 10 nitrogen and oxygen atoms in total. The topological polar surface area (TPSA) is 99.3 Å². The molecule has 2 saturated heterocycles. The summed E-state index contributed by atoms with van der Waals surface area (Å²) in [5.74, 6) is 0. The van der Waals surface area contributed by atoms with Crippen molar-refractivity contribution in [1.29, 1.82) is 0 Å². The van der Waals surface area contributed by atoms with Gasteiger partial charge in [-0.15, -0.1) is 4.91 Å². The van der Waals surface area contributed by atoms with Crippen LogP contribution in [0.4, 0.5) is 0 Å². The Hall–Kier alpha value is -1.66. The van der Waals surface area contributed by atoms with Gasteiger partial charge in [-0.1, -0.05) is 24.3 Å². The van der Waals surface area contributed by atoms with E-state index in [1.54, 1.807) is 5.01 Å². The third kappa shape index (κ3) is 13.9. The molecule has 216 valence electrons. The van der Waals surface area contributed by atoms with Crippen LogP contribution in [0.2, 0.25) is 0 Å². The van der Waals surface area contributed by atoms with Gasteiger partial charge < -0.3 is 26.6 Å². The van der Waals surface area contributed by atoms with Crippen molar-refractivity contribution in [3.05, 3.63) is 40.3 Å². The van der Waals surface area contributed by atoms with Crippen LogP contribution in [0.25, 0.3) is 0 Å². The number of benzene rings is 1. The summed E-state index contributed by atoms with van der Waals surface area (Å²) >= 11 is 0. The second-order valence-electron chi connectivity index (χ2n) is 10.6. The number of nitrogens with zero attached hydrogens (tertiary/aromatic N) is 4. The molecule has 0 aliphatic carbocycles. The fourth-order valence-corrected chi connectivity index (χ4v) is 5.06. The summed E-state index contributed by atoms with van der Waals surface area (Å²) in [7, 11) is 0. The molecule has 38 heavy (non-hydrogen) atoms. The van der Waals surface area contributed by atoms with E-state index in [-0.39, 0.29) is 0 Å². The van der Waals surface area contributed by atoms with Crippen molar-refractivity contribution < 1.29 is 0 Å². The lowest BCUT2D eigenvalue weighted by molar-refractivity contribution is 0.247. The van der Waals surface area contributed by atoms with E-state index in [4.69, 9.17) is 0 Å². The van der Waals surface area contributed by atoms with E-state index in [0.29, 0.717) is 6.54 Å². The molecule has 2 heterocycles. The average Bonchev–Trinajstić information content (AvgIpc) is 2.93. The fraction of sp³-hybridized carbons (Fsp3) is 0.786. The Morgan fingerprint density at radius 3 is 1.42 bits per heavy atom. The smallest absolute Gasteiger partial charge is 0.0524 e. The first kappa shape index (κ1) is 30.9. The summed E-state index contributed by atoms with van der Waals surface area (Å²) in [5.41, 5.74) is 2.79. The highest BCUT2D eigenvalue weighted by Crippen LogP contribution is 2.11. The van der Waals surface area contributed by atoms with Gasteiger partial charge >= 0.3 is 0 Å². The van der Waals surface area contributed by atoms with Gasteiger partial charge in [0.1, 0.15) is 0 Å². The lowest BCUT2D eigenvalue weighted by Crippen LogP contribution is -2.37. The molecule has 3 rings (SSSR count). The van der Waals surface area contributed by atoms with Crippen LogP contribution in [0.1, 0.15) is 36.8 Å². The predicted molar refractivity (Wildman–Crippen MR) is 157 cm³/mol. The van der Waals surface area contributed by atoms with Gasteiger partial charge in [0, 0.05) is 65.4 Å². The molecule has 2 fully saturated rings. The zero-order valence-corrected chi connectivity index (χ0v) is 23.6. The standard InChI is InChI=1S/C28H53N9O/c38-34-37-21-4-13-32-17-23-36(20-3-12-33-18-24-37)26-28-7-5-27(6-8-28)25-35-19-2-11-30-15-14-29-9-1-10-31-16-22-35/h5-8,29-33H,1-4,9-26H2. The van der Waals surface area contributed by atoms with Crippen LogP contribution in [-0.4, -0.2) is 120 Å². The maximum Gasteiger partial charge on any atom is 0.0524 e. The first-order chi connectivity index (χ1) is 18.8. The molecule has 0 radical (unpaired) electrons. The Balaban J connectivity index is 1.45. The number of hydrogen-bond donors (Lipinski definition) is 5. The van der Waals surface area contributed by atoms with Gasteiger partial charge in [-0.25, -0.2) is 0 Å². The molecule has 1 aromatic carbocycles. The highest BCUT2D eigenvalue weighted by molar-refractivity contribution is 5.22. The molecule has 0 atom stereocenters. The Bertz CT molecular complexity index is 691. The van der Waals surface area contributed by atoms with Crippen molar-refractivity contribution in [3.8, 4) is 0 Å². The van der Waals surface area contributed by atoms with Crippen molar-refractivity contribution >= 4 is 0 Å². The van der Waals surface area contributed by atoms with Crippen molar-refractivity contribution in [2.24, 2.45) is 5.29 Å². The van der Waals surface area contributed by atoms with Crippen LogP contribution in [0.3, 0.4) is 0 Å². The SMILES string of the molecule is O=NN1CCCNCCN(Cc2ccc(CN3CCCNCCNCCCNCC3)cc2)CCCNCC1. The molecular weight excluding hydrogens is 478 g/mol. The lowest BCUT2D eigenvalue weighted by atomic mass is 10.1. The molecule has 2 aliphatic heterocycles. The maximum atomic E-state index is 10.9. The van der Waals surface area contributed by atoms with Crippen molar-refractivity contribution in [2.45, 2.75) is 38.8 Å². The molecule has 1 aromatic rings. The first-order valence-electron chi connectivity index (χ1n) is 15.0. The lowest BCUT2D eigenvalue weighted by Gasteiger charge is -2.25. The third-order valence-corrected chi connectivity index (χ3v) is 7.32. The van der Waals surface area contributed by atoms with E-state index >= 15 is 0 Å². The highest BCUT2D eigenvalue weighted by atomic mass is 16.3. The molecular formula is C28H53N9O. The average molecular weight is 532 g/mol. The van der Waals surface area contributed by atoms with Gasteiger partial charge in [0.2, 0.25) is 0 Å². The minimum Gasteiger partial charge on any atom is -0.315 e. The Morgan fingerprint density at radius 2 is 0.921 bits per heavy atom. The number of hydrogen-bond acceptors (Lipinski definition) is 9. The van der Waals surface area contributed by atoms with Crippen LogP contribution in [0.5, 0.6) is 0 Å². The molecule has 0 amide bonds. The second-order valence-corrected chi connectivity index (χ2v) is 10.6. The zero-order valence-electron chi connectivity index (χ0n) is 23.6. The van der Waals surface area contributed by atoms with Gasteiger partial charge in [0.25, 0.3) is 0 Å². The molecule has 10 heteroatoms. The number of nitroso groups, excluding NO2 is 1. The van der Waals surface area contributed by atoms with E-state index in [1.165, 1.54) is 24.0 Å². The van der Waals surface area contributed by atoms with Crippen molar-refractivity contribution in [3.63, 3.8) is 0 Å². The summed E-state index contributed by atoms with van der Waals surface area (Å²) < 4.78 is 0. The van der Waals surface area contributed by atoms with Crippen LogP contribution < -0.4 is 26.6 Å². The number of nitrogens with one attached hydrogen (secondary N) is 5. The normalized spacial score (nSPS) is 22.3. The second kappa shape index (κ2) is 20.3. The van der Waals surface area contributed by atoms with E-state index in [9.17, 15) is 4.91 Å². The molecule has 2 aliphatic rings. The Kier molecular flexibility index (Phi) is 16.5. The number of rotatable bonds is 5. The van der Waals surface area contributed by atoms with Gasteiger partial charge in [-0.05, 0) is 82.6 Å². The van der Waals surface area contributed by atoms with Gasteiger partial charge in [-0.2, -0.15) is 0 Å². The monoisotopic (exact) mass is 531 g/mol. The van der Waals surface area contributed by atoms with Gasteiger partial charge in [0.05, 0.1) is 11.8 Å². The van der Waals surface area contributed by atoms with E-state index < -0.39 is 0 Å². The molecule has 0 aromatic heterocycles. The Labute approximate surface area is 230 Å². The summed E-state index contributed by atoms with van der Waals surface area (Å²) in [4.78, 5) is 16.1. The summed E-state index contributed by atoms with van der Waals surface area (Å²) in [5, 5.41) is 22.5. The van der Waals surface area contributed by atoms with Crippen molar-refractivity contribution in [2.75, 3.05) is 105 Å². The molecule has 0 unspecified atom stereocenters. The highest BCUT2D eigenvalue weighted by Gasteiger charge is 2.10. The van der Waals surface area contributed by atoms with E-state index in [0.717, 1.165) is 124 Å². The summed E-state index contributed by atoms with van der Waals surface area (Å²) in [6.07, 6.45) is 4.40. The minimum atomic E-state index is 0.683. The molecule has 0 spiro atoms. The van der Waals surface area contributed by atoms with Crippen molar-refractivity contribution in [1.82, 2.24) is 41.4 Å². The van der Waals surface area contributed by atoms with Gasteiger partial charge in [-0.3, -0.25) is 14.8 Å². The first-order valence-corrected chi connectivity index (χ1v) is 15.0. The van der Waals surface area contributed by atoms with E-state index in [2.05, 4.69) is 65.9 Å². The molecule has 0 bridgehead atoms. The summed E-state index contributed by atoms with van der Waals surface area (Å²) in [6.45, 7) is 17.8. The predicted octanol–water partition coefficient (Wildman–Crippen LogP) is 0.810. The Morgan fingerprint density at radius 1 is 0.500 bits per heavy atom. The largest absolute Gasteiger partial charge is 0.315 e. The zero-order chi connectivity index (χ0) is 26.5. The fourth-order valence-electron chi connectivity index (χ4n) is 5.06.